The van der Waals surface area contributed by atoms with Gasteiger partial charge in [0.15, 0.2) is 5.13 Å². The minimum absolute atomic E-state index is 0.726. The Labute approximate surface area is 166 Å². The van der Waals surface area contributed by atoms with Crippen LogP contribution in [0.15, 0.2) is 54.7 Å². The number of nitrogens with one attached hydrogen (secondary N) is 1. The highest BCUT2D eigenvalue weighted by Gasteiger charge is 2.10. The second-order valence-corrected chi connectivity index (χ2v) is 8.04. The van der Waals surface area contributed by atoms with E-state index in [0.29, 0.717) is 0 Å². The molecule has 2 heterocycles. The summed E-state index contributed by atoms with van der Waals surface area (Å²) in [5.41, 5.74) is 2.37. The van der Waals surface area contributed by atoms with E-state index in [1.54, 1.807) is 11.3 Å². The number of rotatable bonds is 10. The quantitative estimate of drug-likeness (QED) is 0.382. The summed E-state index contributed by atoms with van der Waals surface area (Å²) in [6, 6.07) is 16.6. The molecule has 0 aliphatic carbocycles. The Morgan fingerprint density at radius 2 is 1.85 bits per heavy atom. The number of pyridine rings is 1. The van der Waals surface area contributed by atoms with E-state index in [0.717, 1.165) is 28.2 Å². The monoisotopic (exact) mass is 379 g/mol. The van der Waals surface area contributed by atoms with Gasteiger partial charge in [0.2, 0.25) is 0 Å². The third-order valence-electron chi connectivity index (χ3n) is 4.90. The summed E-state index contributed by atoms with van der Waals surface area (Å²) in [5, 5.41) is 4.26. The van der Waals surface area contributed by atoms with Crippen LogP contribution in [0.25, 0.3) is 10.4 Å². The molecule has 0 aliphatic rings. The number of thiazole rings is 1. The van der Waals surface area contributed by atoms with Gasteiger partial charge >= 0.3 is 0 Å². The van der Waals surface area contributed by atoms with Crippen LogP contribution < -0.4 is 5.32 Å². The average Bonchev–Trinajstić information content (AvgIpc) is 3.17. The molecule has 1 unspecified atom stereocenters. The minimum atomic E-state index is 0.726. The predicted molar refractivity (Wildman–Crippen MR) is 117 cm³/mol. The minimum Gasteiger partial charge on any atom is -0.316 e. The third-order valence-corrected chi connectivity index (χ3v) is 5.86. The van der Waals surface area contributed by atoms with Crippen molar-refractivity contribution in [2.24, 2.45) is 5.92 Å². The zero-order chi connectivity index (χ0) is 18.9. The molecule has 1 aromatic carbocycles. The van der Waals surface area contributed by atoms with Gasteiger partial charge in [-0.15, -0.1) is 0 Å². The van der Waals surface area contributed by atoms with Crippen molar-refractivity contribution in [1.29, 1.82) is 0 Å². The molecule has 0 saturated carbocycles. The van der Waals surface area contributed by atoms with E-state index in [9.17, 15) is 0 Å². The SMILES string of the molecule is CCCCCC(CC)Cc1cccc(Nc2ncc(-c3ccccc3)s2)n1. The molecular weight excluding hydrogens is 350 g/mol. The first kappa shape index (κ1) is 19.6. The Morgan fingerprint density at radius 3 is 2.63 bits per heavy atom. The normalized spacial score (nSPS) is 12.1. The van der Waals surface area contributed by atoms with Gasteiger partial charge in [-0.25, -0.2) is 9.97 Å². The van der Waals surface area contributed by atoms with Crippen LogP contribution in [-0.4, -0.2) is 9.97 Å². The Balaban J connectivity index is 1.63. The molecule has 3 aromatic rings. The highest BCUT2D eigenvalue weighted by molar-refractivity contribution is 7.18. The molecular formula is C23H29N3S. The van der Waals surface area contributed by atoms with Gasteiger partial charge in [-0.2, -0.15) is 0 Å². The van der Waals surface area contributed by atoms with Gasteiger partial charge in [-0.05, 0) is 30.0 Å². The van der Waals surface area contributed by atoms with Crippen molar-refractivity contribution in [3.05, 3.63) is 60.4 Å². The van der Waals surface area contributed by atoms with Gasteiger partial charge in [0.1, 0.15) is 5.82 Å². The molecule has 142 valence electrons. The van der Waals surface area contributed by atoms with Crippen molar-refractivity contribution in [2.45, 2.75) is 52.4 Å². The number of nitrogens with zero attached hydrogens (tertiary/aromatic N) is 2. The standard InChI is InChI=1S/C23H29N3S/c1-3-5-7-11-18(4-2)16-20-14-10-15-22(25-20)26-23-24-17-21(27-23)19-12-8-6-9-13-19/h6,8-10,12-15,17-18H,3-5,7,11,16H2,1-2H3,(H,24,25,26). The van der Waals surface area contributed by atoms with Crippen LogP contribution >= 0.6 is 11.3 Å². The lowest BCUT2D eigenvalue weighted by Crippen LogP contribution is -2.06. The highest BCUT2D eigenvalue weighted by Crippen LogP contribution is 2.30. The summed E-state index contributed by atoms with van der Waals surface area (Å²) in [6.07, 6.45) is 9.45. The smallest absolute Gasteiger partial charge is 0.188 e. The maximum atomic E-state index is 4.82. The number of hydrogen-bond acceptors (Lipinski definition) is 4. The second kappa shape index (κ2) is 10.2. The Hall–Kier alpha value is -2.20. The van der Waals surface area contributed by atoms with Crippen molar-refractivity contribution in [2.75, 3.05) is 5.32 Å². The molecule has 0 spiro atoms. The van der Waals surface area contributed by atoms with Crippen molar-refractivity contribution in [3.8, 4) is 10.4 Å². The van der Waals surface area contributed by atoms with E-state index in [1.165, 1.54) is 43.4 Å². The maximum absolute atomic E-state index is 4.82. The molecule has 3 nitrogen and oxygen atoms in total. The topological polar surface area (TPSA) is 37.8 Å². The van der Waals surface area contributed by atoms with Crippen LogP contribution in [0, 0.1) is 5.92 Å². The highest BCUT2D eigenvalue weighted by atomic mass is 32.1. The predicted octanol–water partition coefficient (Wildman–Crippen LogP) is 7.10. The lowest BCUT2D eigenvalue weighted by Gasteiger charge is -2.14. The molecule has 1 atom stereocenters. The van der Waals surface area contributed by atoms with Crippen molar-refractivity contribution in [1.82, 2.24) is 9.97 Å². The summed E-state index contributed by atoms with van der Waals surface area (Å²) in [4.78, 5) is 10.5. The number of anilines is 2. The number of benzene rings is 1. The summed E-state index contributed by atoms with van der Waals surface area (Å²) in [7, 11) is 0. The van der Waals surface area contributed by atoms with E-state index in [-0.39, 0.29) is 0 Å². The van der Waals surface area contributed by atoms with Crippen molar-refractivity contribution >= 4 is 22.3 Å². The van der Waals surface area contributed by atoms with Gasteiger partial charge in [0.05, 0.1) is 4.88 Å². The van der Waals surface area contributed by atoms with Crippen LogP contribution in [0.1, 0.15) is 51.6 Å². The van der Waals surface area contributed by atoms with Crippen molar-refractivity contribution < 1.29 is 0 Å². The lowest BCUT2D eigenvalue weighted by atomic mass is 9.93. The first-order valence-electron chi connectivity index (χ1n) is 10.0. The van der Waals surface area contributed by atoms with Crippen LogP contribution in [0.5, 0.6) is 0 Å². The van der Waals surface area contributed by atoms with E-state index in [4.69, 9.17) is 4.98 Å². The van der Waals surface area contributed by atoms with E-state index in [2.05, 4.69) is 60.5 Å². The molecule has 0 aliphatic heterocycles. The zero-order valence-corrected chi connectivity index (χ0v) is 17.1. The first-order chi connectivity index (χ1) is 13.3. The lowest BCUT2D eigenvalue weighted by molar-refractivity contribution is 0.439. The molecule has 27 heavy (non-hydrogen) atoms. The van der Waals surface area contributed by atoms with E-state index in [1.807, 2.05) is 18.3 Å². The van der Waals surface area contributed by atoms with Gasteiger partial charge < -0.3 is 5.32 Å². The molecule has 2 aromatic heterocycles. The number of hydrogen-bond donors (Lipinski definition) is 1. The van der Waals surface area contributed by atoms with Gasteiger partial charge in [-0.1, -0.05) is 93.7 Å². The number of aromatic nitrogens is 2. The van der Waals surface area contributed by atoms with Crippen LogP contribution in [-0.2, 0) is 6.42 Å². The summed E-state index contributed by atoms with van der Waals surface area (Å²) < 4.78 is 0. The molecule has 3 rings (SSSR count). The fourth-order valence-corrected chi connectivity index (χ4v) is 4.10. The Kier molecular flexibility index (Phi) is 7.40. The van der Waals surface area contributed by atoms with E-state index < -0.39 is 0 Å². The fourth-order valence-electron chi connectivity index (χ4n) is 3.27. The summed E-state index contributed by atoms with van der Waals surface area (Å²) in [6.45, 7) is 4.55. The Bertz CT molecular complexity index is 813. The van der Waals surface area contributed by atoms with Gasteiger partial charge in [0, 0.05) is 11.9 Å². The van der Waals surface area contributed by atoms with Crippen LogP contribution in [0.2, 0.25) is 0 Å². The fraction of sp³-hybridized carbons (Fsp3) is 0.391. The average molecular weight is 380 g/mol. The summed E-state index contributed by atoms with van der Waals surface area (Å²) >= 11 is 1.66. The third kappa shape index (κ3) is 5.90. The molecule has 1 N–H and O–H groups in total. The molecule has 0 fully saturated rings. The van der Waals surface area contributed by atoms with E-state index >= 15 is 0 Å². The molecule has 0 amide bonds. The molecule has 0 saturated heterocycles. The summed E-state index contributed by atoms with van der Waals surface area (Å²) in [5.74, 6) is 1.61. The maximum Gasteiger partial charge on any atom is 0.188 e. The zero-order valence-electron chi connectivity index (χ0n) is 16.3. The first-order valence-corrected chi connectivity index (χ1v) is 10.8. The number of unbranched alkanes of at least 4 members (excludes halogenated alkanes) is 2. The molecule has 0 bridgehead atoms. The Morgan fingerprint density at radius 1 is 1.00 bits per heavy atom. The van der Waals surface area contributed by atoms with Crippen LogP contribution in [0.3, 0.4) is 0 Å². The van der Waals surface area contributed by atoms with Gasteiger partial charge in [0.25, 0.3) is 0 Å². The van der Waals surface area contributed by atoms with Crippen LogP contribution in [0.4, 0.5) is 10.9 Å². The molecule has 0 radical (unpaired) electrons. The molecule has 4 heteroatoms. The van der Waals surface area contributed by atoms with Crippen molar-refractivity contribution in [3.63, 3.8) is 0 Å². The second-order valence-electron chi connectivity index (χ2n) is 7.01. The largest absolute Gasteiger partial charge is 0.316 e. The van der Waals surface area contributed by atoms with Gasteiger partial charge in [-0.3, -0.25) is 0 Å².